The number of hydrogen-bond acceptors (Lipinski definition) is 5. The van der Waals surface area contributed by atoms with Crippen LogP contribution in [0.3, 0.4) is 0 Å². The highest BCUT2D eigenvalue weighted by atomic mass is 127. The maximum atomic E-state index is 5.98. The van der Waals surface area contributed by atoms with Gasteiger partial charge >= 0.3 is 0 Å². The van der Waals surface area contributed by atoms with Crippen molar-refractivity contribution < 1.29 is 4.74 Å². The number of nitrogens with zero attached hydrogens (tertiary/aromatic N) is 4. The lowest BCUT2D eigenvalue weighted by Crippen LogP contribution is -2.06. The van der Waals surface area contributed by atoms with E-state index in [0.29, 0.717) is 24.2 Å². The molecule has 0 saturated heterocycles. The van der Waals surface area contributed by atoms with Crippen LogP contribution in [0.1, 0.15) is 24.2 Å². The lowest BCUT2D eigenvalue weighted by Gasteiger charge is -2.10. The molecule has 3 aromatic rings. The number of anilines is 1. The fraction of sp³-hybridized carbons (Fsp3) is 0.278. The van der Waals surface area contributed by atoms with Gasteiger partial charge in [0.2, 0.25) is 0 Å². The first-order valence-corrected chi connectivity index (χ1v) is 8.93. The van der Waals surface area contributed by atoms with Crippen molar-refractivity contribution in [3.8, 4) is 18.1 Å². The number of hydrogen-bond donors (Lipinski definition) is 1. The number of imidazole rings is 1. The summed E-state index contributed by atoms with van der Waals surface area (Å²) in [5, 5.41) is 0. The molecule has 0 fully saturated rings. The molecule has 6 nitrogen and oxygen atoms in total. The van der Waals surface area contributed by atoms with Crippen LogP contribution in [-0.4, -0.2) is 26.6 Å². The summed E-state index contributed by atoms with van der Waals surface area (Å²) in [6.45, 7) is 0.743. The molecule has 2 aromatic heterocycles. The third kappa shape index (κ3) is 3.69. The molecule has 0 unspecified atom stereocenters. The topological polar surface area (TPSA) is 78.9 Å². The van der Waals surface area contributed by atoms with Crippen LogP contribution < -0.4 is 10.5 Å². The lowest BCUT2D eigenvalue weighted by atomic mass is 10.1. The van der Waals surface area contributed by atoms with Crippen molar-refractivity contribution >= 4 is 39.6 Å². The molecule has 0 aliphatic heterocycles. The quantitative estimate of drug-likeness (QED) is 0.357. The molecule has 0 radical (unpaired) electrons. The van der Waals surface area contributed by atoms with Crippen molar-refractivity contribution in [1.82, 2.24) is 19.5 Å². The number of nitrogen functional groups attached to an aromatic ring is 1. The molecular formula is C18H18IN5O. The third-order valence-electron chi connectivity index (χ3n) is 3.94. The van der Waals surface area contributed by atoms with E-state index in [4.69, 9.17) is 21.9 Å². The summed E-state index contributed by atoms with van der Waals surface area (Å²) in [7, 11) is 1.66. The Morgan fingerprint density at radius 3 is 2.96 bits per heavy atom. The molecule has 2 heterocycles. The number of aromatic nitrogens is 4. The highest BCUT2D eigenvalue weighted by molar-refractivity contribution is 14.1. The average Bonchev–Trinajstić information content (AvgIpc) is 2.96. The van der Waals surface area contributed by atoms with E-state index >= 15 is 0 Å². The zero-order valence-electron chi connectivity index (χ0n) is 13.9. The van der Waals surface area contributed by atoms with Crippen molar-refractivity contribution in [2.24, 2.45) is 0 Å². The second kappa shape index (κ2) is 7.70. The maximum Gasteiger partial charge on any atom is 0.165 e. The minimum absolute atomic E-state index is 0.391. The van der Waals surface area contributed by atoms with Gasteiger partial charge in [0.1, 0.15) is 17.9 Å². The van der Waals surface area contributed by atoms with Gasteiger partial charge in [-0.05, 0) is 52.8 Å². The zero-order chi connectivity index (χ0) is 17.8. The largest absolute Gasteiger partial charge is 0.497 e. The number of unbranched alkanes of at least 4 members (excludes halogenated alkanes) is 1. The predicted molar refractivity (Wildman–Crippen MR) is 106 cm³/mol. The van der Waals surface area contributed by atoms with Gasteiger partial charge in [0.25, 0.3) is 0 Å². The van der Waals surface area contributed by atoms with Gasteiger partial charge in [0.15, 0.2) is 17.0 Å². The number of terminal acetylenes is 1. The number of aryl methyl sites for hydroxylation is 1. The molecule has 2 N–H and O–H groups in total. The number of halogens is 1. The van der Waals surface area contributed by atoms with Crippen LogP contribution in [0.2, 0.25) is 0 Å². The first-order chi connectivity index (χ1) is 12.1. The van der Waals surface area contributed by atoms with E-state index in [1.165, 1.54) is 6.33 Å². The number of methoxy groups -OCH3 is 1. The molecular weight excluding hydrogens is 429 g/mol. The molecule has 128 valence electrons. The van der Waals surface area contributed by atoms with Gasteiger partial charge < -0.3 is 15.0 Å². The van der Waals surface area contributed by atoms with Gasteiger partial charge in [-0.2, -0.15) is 0 Å². The highest BCUT2D eigenvalue weighted by Crippen LogP contribution is 2.25. The Labute approximate surface area is 160 Å². The van der Waals surface area contributed by atoms with Crippen LogP contribution in [0.15, 0.2) is 24.5 Å². The molecule has 0 amide bonds. The van der Waals surface area contributed by atoms with Gasteiger partial charge in [-0.3, -0.25) is 0 Å². The molecule has 0 spiro atoms. The molecule has 0 atom stereocenters. The zero-order valence-corrected chi connectivity index (χ0v) is 16.0. The highest BCUT2D eigenvalue weighted by Gasteiger charge is 2.16. The van der Waals surface area contributed by atoms with Crippen LogP contribution in [0, 0.1) is 15.9 Å². The first kappa shape index (κ1) is 17.5. The number of nitrogens with two attached hydrogens (primary N) is 1. The van der Waals surface area contributed by atoms with Crippen molar-refractivity contribution in [3.05, 3.63) is 39.5 Å². The Morgan fingerprint density at radius 2 is 2.20 bits per heavy atom. The normalized spacial score (nSPS) is 10.8. The Hall–Kier alpha value is -2.34. The number of rotatable bonds is 6. The monoisotopic (exact) mass is 447 g/mol. The van der Waals surface area contributed by atoms with Crippen molar-refractivity contribution in [3.63, 3.8) is 0 Å². The Kier molecular flexibility index (Phi) is 5.38. The summed E-state index contributed by atoms with van der Waals surface area (Å²) in [4.78, 5) is 13.1. The van der Waals surface area contributed by atoms with E-state index in [1.54, 1.807) is 7.11 Å². The molecule has 0 bridgehead atoms. The number of benzene rings is 1. The van der Waals surface area contributed by atoms with Crippen molar-refractivity contribution in [2.75, 3.05) is 12.8 Å². The summed E-state index contributed by atoms with van der Waals surface area (Å²) in [6, 6.07) is 6.01. The smallest absolute Gasteiger partial charge is 0.165 e. The SMILES string of the molecule is C#CCCCn1c(Cc2cc(OC)ccc2I)nc2c(N)ncnc21. The number of ether oxygens (including phenoxy) is 1. The minimum Gasteiger partial charge on any atom is -0.497 e. The average molecular weight is 447 g/mol. The van der Waals surface area contributed by atoms with Gasteiger partial charge in [0, 0.05) is 23.0 Å². The standard InChI is InChI=1S/C18H18IN5O/c1-3-4-5-8-24-15(23-16-17(20)21-11-22-18(16)24)10-12-9-13(25-2)6-7-14(12)19/h1,6-7,9,11H,4-5,8,10H2,2H3,(H2,20,21,22). The van der Waals surface area contributed by atoms with Crippen LogP contribution >= 0.6 is 22.6 Å². The molecule has 0 saturated carbocycles. The summed E-state index contributed by atoms with van der Waals surface area (Å²) in [5.74, 6) is 4.78. The molecule has 7 heteroatoms. The second-order valence-electron chi connectivity index (χ2n) is 5.55. The van der Waals surface area contributed by atoms with E-state index in [0.717, 1.165) is 39.3 Å². The van der Waals surface area contributed by atoms with Crippen LogP contribution in [0.4, 0.5) is 5.82 Å². The van der Waals surface area contributed by atoms with Gasteiger partial charge in [-0.15, -0.1) is 12.3 Å². The molecule has 3 rings (SSSR count). The molecule has 25 heavy (non-hydrogen) atoms. The third-order valence-corrected chi connectivity index (χ3v) is 5.00. The van der Waals surface area contributed by atoms with E-state index < -0.39 is 0 Å². The van der Waals surface area contributed by atoms with E-state index in [-0.39, 0.29) is 0 Å². The van der Waals surface area contributed by atoms with Gasteiger partial charge in [0.05, 0.1) is 7.11 Å². The predicted octanol–water partition coefficient (Wildman–Crippen LogP) is 3.03. The Balaban J connectivity index is 2.04. The summed E-state index contributed by atoms with van der Waals surface area (Å²) in [6.07, 6.45) is 9.07. The van der Waals surface area contributed by atoms with Crippen molar-refractivity contribution in [2.45, 2.75) is 25.8 Å². The van der Waals surface area contributed by atoms with Crippen LogP contribution in [0.25, 0.3) is 11.2 Å². The Bertz CT molecular complexity index is 945. The maximum absolute atomic E-state index is 5.98. The summed E-state index contributed by atoms with van der Waals surface area (Å²) in [5.41, 5.74) is 8.50. The fourth-order valence-electron chi connectivity index (χ4n) is 2.69. The van der Waals surface area contributed by atoms with Crippen LogP contribution in [-0.2, 0) is 13.0 Å². The molecule has 0 aliphatic carbocycles. The summed E-state index contributed by atoms with van der Waals surface area (Å²) >= 11 is 2.32. The van der Waals surface area contributed by atoms with E-state index in [2.05, 4.69) is 43.0 Å². The first-order valence-electron chi connectivity index (χ1n) is 7.85. The fourth-order valence-corrected chi connectivity index (χ4v) is 3.22. The summed E-state index contributed by atoms with van der Waals surface area (Å²) < 4.78 is 8.58. The van der Waals surface area contributed by atoms with Crippen molar-refractivity contribution in [1.29, 1.82) is 0 Å². The minimum atomic E-state index is 0.391. The van der Waals surface area contributed by atoms with E-state index in [1.807, 2.05) is 18.2 Å². The number of fused-ring (bicyclic) bond motifs is 1. The Morgan fingerprint density at radius 1 is 1.36 bits per heavy atom. The lowest BCUT2D eigenvalue weighted by molar-refractivity contribution is 0.414. The second-order valence-corrected chi connectivity index (χ2v) is 6.71. The van der Waals surface area contributed by atoms with Crippen LogP contribution in [0.5, 0.6) is 5.75 Å². The van der Waals surface area contributed by atoms with E-state index in [9.17, 15) is 0 Å². The molecule has 0 aliphatic rings. The van der Waals surface area contributed by atoms with Gasteiger partial charge in [-0.25, -0.2) is 15.0 Å². The van der Waals surface area contributed by atoms with Gasteiger partial charge in [-0.1, -0.05) is 0 Å². The molecule has 1 aromatic carbocycles.